The predicted molar refractivity (Wildman–Crippen MR) is 23.7 cm³/mol. The van der Waals surface area contributed by atoms with Crippen LogP contribution in [-0.2, 0) is 4.79 Å². The van der Waals surface area contributed by atoms with E-state index in [1.807, 2.05) is 0 Å². The molecule has 4 heteroatoms. The number of rotatable bonds is 1. The van der Waals surface area contributed by atoms with Crippen molar-refractivity contribution < 1.29 is 4.79 Å². The van der Waals surface area contributed by atoms with Gasteiger partial charge in [-0.2, -0.15) is 0 Å². The van der Waals surface area contributed by atoms with Gasteiger partial charge >= 0.3 is 0 Å². The van der Waals surface area contributed by atoms with Gasteiger partial charge in [0.05, 0.1) is 0 Å². The smallest absolute Gasteiger partial charge is 0.221 e. The highest BCUT2D eigenvalue weighted by molar-refractivity contribution is 8.93. The molecule has 0 aromatic carbocycles. The second-order valence-electron chi connectivity index (χ2n) is 0.285. The Kier molecular flexibility index (Phi) is 16.1. The average Bonchev–Trinajstić information content (AvgIpc) is 1.37. The maximum Gasteiger partial charge on any atom is 0.221 e. The molecule has 0 spiro atoms. The molecule has 3 N–H and O–H groups in total. The first-order valence-corrected chi connectivity index (χ1v) is 0.813. The lowest BCUT2D eigenvalue weighted by Gasteiger charge is -1.66. The van der Waals surface area contributed by atoms with E-state index in [9.17, 15) is 0 Å². The summed E-state index contributed by atoms with van der Waals surface area (Å²) >= 11 is 0. The first-order chi connectivity index (χ1) is 1.91. The summed E-state index contributed by atoms with van der Waals surface area (Å²) in [6.45, 7) is 0. The van der Waals surface area contributed by atoms with Crippen LogP contribution in [0, 0.1) is 0 Å². The fraction of sp³-hybridized carbons (Fsp3) is 0. The number of halogens is 1. The maximum atomic E-state index is 8.94. The summed E-state index contributed by atoms with van der Waals surface area (Å²) in [7, 11) is 0. The zero-order valence-electron chi connectivity index (χ0n) is 2.47. The highest BCUT2D eigenvalue weighted by Crippen LogP contribution is 0.992. The fourth-order valence-electron chi connectivity index (χ4n) is 0. The minimum atomic E-state index is 0. The molecule has 0 aromatic heterocycles. The lowest BCUT2D eigenvalue weighted by Crippen LogP contribution is -2.18. The third-order valence-electron chi connectivity index (χ3n) is 0.0680. The summed E-state index contributed by atoms with van der Waals surface area (Å²) in [6.07, 6.45) is 0.403. The van der Waals surface area contributed by atoms with Gasteiger partial charge in [-0.15, -0.1) is 17.0 Å². The Morgan fingerprint density at radius 2 is 2.00 bits per heavy atom. The summed E-state index contributed by atoms with van der Waals surface area (Å²) in [5, 5.41) is 0. The number of hydrogen-bond donors (Lipinski definition) is 2. The largest absolute Gasteiger partial charge is 0.297 e. The molecule has 0 unspecified atom stereocenters. The van der Waals surface area contributed by atoms with Crippen LogP contribution >= 0.6 is 17.0 Å². The average molecular weight is 141 g/mol. The first-order valence-electron chi connectivity index (χ1n) is 0.813. The maximum absolute atomic E-state index is 8.94. The van der Waals surface area contributed by atoms with E-state index in [1.165, 1.54) is 0 Å². The molecule has 0 saturated heterocycles. The van der Waals surface area contributed by atoms with E-state index in [0.717, 1.165) is 0 Å². The lowest BCUT2D eigenvalue weighted by atomic mass is 11.4. The summed E-state index contributed by atoms with van der Waals surface area (Å²) in [5.74, 6) is 4.41. The molecule has 1 amide bonds. The number of amides is 1. The Balaban J connectivity index is 0. The molecule has 0 heterocycles. The van der Waals surface area contributed by atoms with Crippen molar-refractivity contribution >= 4 is 23.4 Å². The first kappa shape index (κ1) is 8.86. The molecule has 0 aromatic rings. The third kappa shape index (κ3) is 17.2. The number of hydrogen-bond acceptors (Lipinski definition) is 2. The van der Waals surface area contributed by atoms with Crippen molar-refractivity contribution in [2.75, 3.05) is 0 Å². The molecule has 0 atom stereocenters. The molecule has 0 rings (SSSR count). The van der Waals surface area contributed by atoms with Gasteiger partial charge in [0.1, 0.15) is 0 Å². The molecule has 0 radical (unpaired) electrons. The second kappa shape index (κ2) is 9.08. The molecule has 0 saturated carbocycles. The van der Waals surface area contributed by atoms with Crippen LogP contribution in [0.1, 0.15) is 0 Å². The van der Waals surface area contributed by atoms with E-state index in [0.29, 0.717) is 6.41 Å². The van der Waals surface area contributed by atoms with Gasteiger partial charge in [0.25, 0.3) is 0 Å². The number of carbonyl (C=O) groups excluding carboxylic acids is 1. The van der Waals surface area contributed by atoms with Gasteiger partial charge < -0.3 is 0 Å². The fourth-order valence-corrected chi connectivity index (χ4v) is 0. The Hall–Kier alpha value is -0.0900. The van der Waals surface area contributed by atoms with Crippen LogP contribution in [0.2, 0.25) is 0 Å². The summed E-state index contributed by atoms with van der Waals surface area (Å²) < 4.78 is 0. The molecule has 0 fully saturated rings. The standard InChI is InChI=1S/CH4N2O.BrH/c2-3-1-4;/h1H,2H2,(H,3,4);1H. The molecule has 0 aliphatic rings. The third-order valence-corrected chi connectivity index (χ3v) is 0.0680. The highest BCUT2D eigenvalue weighted by atomic mass is 79.9. The van der Waals surface area contributed by atoms with Gasteiger partial charge in [-0.3, -0.25) is 10.2 Å². The van der Waals surface area contributed by atoms with E-state index < -0.39 is 0 Å². The van der Waals surface area contributed by atoms with E-state index in [-0.39, 0.29) is 17.0 Å². The number of hydrazine groups is 1. The van der Waals surface area contributed by atoms with Crippen molar-refractivity contribution in [2.24, 2.45) is 5.84 Å². The molecule has 3 nitrogen and oxygen atoms in total. The Morgan fingerprint density at radius 1 is 1.80 bits per heavy atom. The predicted octanol–water partition coefficient (Wildman–Crippen LogP) is -0.816. The zero-order chi connectivity index (χ0) is 3.41. The summed E-state index contributed by atoms with van der Waals surface area (Å²) in [5.41, 5.74) is 1.75. The van der Waals surface area contributed by atoms with Crippen molar-refractivity contribution in [3.05, 3.63) is 0 Å². The van der Waals surface area contributed by atoms with Crippen molar-refractivity contribution in [1.29, 1.82) is 0 Å². The number of nitrogens with one attached hydrogen (secondary N) is 1. The Labute approximate surface area is 40.3 Å². The van der Waals surface area contributed by atoms with Gasteiger partial charge in [-0.1, -0.05) is 0 Å². The van der Waals surface area contributed by atoms with Crippen LogP contribution in [0.15, 0.2) is 0 Å². The molecular formula is CH5BrN2O. The van der Waals surface area contributed by atoms with Crippen LogP contribution in [0.25, 0.3) is 0 Å². The van der Waals surface area contributed by atoms with Crippen LogP contribution in [0.4, 0.5) is 0 Å². The van der Waals surface area contributed by atoms with E-state index >= 15 is 0 Å². The van der Waals surface area contributed by atoms with E-state index in [1.54, 1.807) is 5.43 Å². The van der Waals surface area contributed by atoms with Crippen LogP contribution < -0.4 is 11.3 Å². The molecule has 5 heavy (non-hydrogen) atoms. The molecule has 0 aliphatic carbocycles. The zero-order valence-corrected chi connectivity index (χ0v) is 4.18. The SMILES string of the molecule is Br.NNC=O. The van der Waals surface area contributed by atoms with Gasteiger partial charge in [0.2, 0.25) is 6.41 Å². The minimum absolute atomic E-state index is 0. The molecular weight excluding hydrogens is 136 g/mol. The quantitative estimate of drug-likeness (QED) is 0.217. The van der Waals surface area contributed by atoms with E-state index in [2.05, 4.69) is 5.84 Å². The summed E-state index contributed by atoms with van der Waals surface area (Å²) in [6, 6.07) is 0. The normalized spacial score (nSPS) is 4.20. The highest BCUT2D eigenvalue weighted by Gasteiger charge is 1.42. The van der Waals surface area contributed by atoms with Crippen molar-refractivity contribution in [2.45, 2.75) is 0 Å². The van der Waals surface area contributed by atoms with Crippen molar-refractivity contribution in [3.8, 4) is 0 Å². The topological polar surface area (TPSA) is 55.1 Å². The van der Waals surface area contributed by atoms with Gasteiger partial charge in [0, 0.05) is 0 Å². The minimum Gasteiger partial charge on any atom is -0.297 e. The Bertz CT molecular complexity index is 23.6. The monoisotopic (exact) mass is 140 g/mol. The van der Waals surface area contributed by atoms with Crippen molar-refractivity contribution in [1.82, 2.24) is 5.43 Å². The van der Waals surface area contributed by atoms with Gasteiger partial charge in [-0.25, -0.2) is 5.84 Å². The Morgan fingerprint density at radius 3 is 2.00 bits per heavy atom. The van der Waals surface area contributed by atoms with Crippen molar-refractivity contribution in [3.63, 3.8) is 0 Å². The molecule has 0 aliphatic heterocycles. The van der Waals surface area contributed by atoms with Gasteiger partial charge in [-0.05, 0) is 0 Å². The van der Waals surface area contributed by atoms with Gasteiger partial charge in [0.15, 0.2) is 0 Å². The van der Waals surface area contributed by atoms with Crippen LogP contribution in [-0.4, -0.2) is 6.41 Å². The number of nitrogens with two attached hydrogens (primary N) is 1. The van der Waals surface area contributed by atoms with E-state index in [4.69, 9.17) is 4.79 Å². The summed E-state index contributed by atoms with van der Waals surface area (Å²) in [4.78, 5) is 8.94. The van der Waals surface area contributed by atoms with Crippen LogP contribution in [0.3, 0.4) is 0 Å². The second-order valence-corrected chi connectivity index (χ2v) is 0.285. The molecule has 32 valence electrons. The molecule has 0 bridgehead atoms. The lowest BCUT2D eigenvalue weighted by molar-refractivity contribution is -0.109. The number of carbonyl (C=O) groups is 1. The van der Waals surface area contributed by atoms with Crippen LogP contribution in [0.5, 0.6) is 0 Å².